The number of hydrogen-bond acceptors (Lipinski definition) is 2. The molecule has 0 saturated heterocycles. The molecule has 2 rings (SSSR count). The Bertz CT molecular complexity index is 544. The molecule has 1 N–H and O–H groups in total. The molecule has 0 fully saturated rings. The van der Waals surface area contributed by atoms with Gasteiger partial charge in [0.1, 0.15) is 5.75 Å². The molecule has 0 aliphatic rings. The van der Waals surface area contributed by atoms with E-state index in [9.17, 15) is 13.2 Å². The Kier molecular flexibility index (Phi) is 3.50. The lowest BCUT2D eigenvalue weighted by Gasteiger charge is -2.08. The second-order valence-electron chi connectivity index (χ2n) is 4.44. The number of ether oxygens (including phenoxy) is 1. The fourth-order valence-electron chi connectivity index (χ4n) is 1.61. The van der Waals surface area contributed by atoms with Crippen LogP contribution in [0.2, 0.25) is 0 Å². The van der Waals surface area contributed by atoms with Crippen LogP contribution in [0.5, 0.6) is 5.75 Å². The average Bonchev–Trinajstić information content (AvgIpc) is 2.77. The normalized spacial score (nSPS) is 11.9. The average molecular weight is 270 g/mol. The highest BCUT2D eigenvalue weighted by atomic mass is 19.4. The number of aromatic nitrogens is 2. The zero-order valence-electron chi connectivity index (χ0n) is 10.5. The first-order chi connectivity index (χ1) is 8.85. The van der Waals surface area contributed by atoms with Crippen molar-refractivity contribution in [2.24, 2.45) is 0 Å². The molecule has 0 bridgehead atoms. The van der Waals surface area contributed by atoms with Gasteiger partial charge in [0, 0.05) is 11.3 Å². The molecule has 3 nitrogen and oxygen atoms in total. The molecule has 2 aromatic rings. The maximum atomic E-state index is 12.0. The summed E-state index contributed by atoms with van der Waals surface area (Å²) in [4.78, 5) is 0. The van der Waals surface area contributed by atoms with Crippen molar-refractivity contribution >= 4 is 0 Å². The van der Waals surface area contributed by atoms with Crippen LogP contribution >= 0.6 is 0 Å². The van der Waals surface area contributed by atoms with Crippen LogP contribution in [0.25, 0.3) is 11.3 Å². The largest absolute Gasteiger partial charge is 0.573 e. The minimum Gasteiger partial charge on any atom is -0.406 e. The molecule has 0 spiro atoms. The van der Waals surface area contributed by atoms with Crippen LogP contribution < -0.4 is 4.74 Å². The van der Waals surface area contributed by atoms with Crippen molar-refractivity contribution in [1.82, 2.24) is 10.2 Å². The molecular weight excluding hydrogens is 257 g/mol. The van der Waals surface area contributed by atoms with Crippen molar-refractivity contribution in [3.8, 4) is 17.0 Å². The molecule has 0 radical (unpaired) electrons. The Morgan fingerprint density at radius 1 is 1.16 bits per heavy atom. The van der Waals surface area contributed by atoms with Gasteiger partial charge >= 0.3 is 6.36 Å². The highest BCUT2D eigenvalue weighted by molar-refractivity contribution is 5.60. The SMILES string of the molecule is CC(C)c1cc(-c2ccc(OC(F)(F)F)cc2)n[nH]1. The van der Waals surface area contributed by atoms with Gasteiger partial charge in [0.25, 0.3) is 0 Å². The molecule has 1 aromatic heterocycles. The molecule has 6 heteroatoms. The van der Waals surface area contributed by atoms with Crippen LogP contribution in [0, 0.1) is 0 Å². The molecule has 19 heavy (non-hydrogen) atoms. The molecule has 102 valence electrons. The summed E-state index contributed by atoms with van der Waals surface area (Å²) in [6.45, 7) is 4.05. The summed E-state index contributed by atoms with van der Waals surface area (Å²) in [5.41, 5.74) is 2.41. The summed E-state index contributed by atoms with van der Waals surface area (Å²) in [5, 5.41) is 7.02. The summed E-state index contributed by atoms with van der Waals surface area (Å²) in [7, 11) is 0. The first-order valence-corrected chi connectivity index (χ1v) is 5.76. The van der Waals surface area contributed by atoms with E-state index < -0.39 is 6.36 Å². The second kappa shape index (κ2) is 4.95. The Hall–Kier alpha value is -1.98. The van der Waals surface area contributed by atoms with Crippen LogP contribution in [0.4, 0.5) is 13.2 Å². The number of rotatable bonds is 3. The van der Waals surface area contributed by atoms with E-state index in [1.54, 1.807) is 12.1 Å². The van der Waals surface area contributed by atoms with Gasteiger partial charge in [-0.1, -0.05) is 13.8 Å². The Balaban J connectivity index is 2.17. The maximum absolute atomic E-state index is 12.0. The van der Waals surface area contributed by atoms with Crippen LogP contribution in [0.1, 0.15) is 25.5 Å². The summed E-state index contributed by atoms with van der Waals surface area (Å²) < 4.78 is 39.9. The number of nitrogens with one attached hydrogen (secondary N) is 1. The Labute approximate surface area is 108 Å². The first-order valence-electron chi connectivity index (χ1n) is 5.76. The predicted octanol–water partition coefficient (Wildman–Crippen LogP) is 4.10. The van der Waals surface area contributed by atoms with Crippen molar-refractivity contribution in [2.75, 3.05) is 0 Å². The zero-order chi connectivity index (χ0) is 14.0. The number of aromatic amines is 1. The van der Waals surface area contributed by atoms with Gasteiger partial charge in [-0.05, 0) is 36.2 Å². The standard InChI is InChI=1S/C13H13F3N2O/c1-8(2)11-7-12(18-17-11)9-3-5-10(6-4-9)19-13(14,15)16/h3-8H,1-2H3,(H,17,18). The minimum atomic E-state index is -4.67. The first kappa shape index (κ1) is 13.5. The van der Waals surface area contributed by atoms with Gasteiger partial charge in [0.2, 0.25) is 0 Å². The number of alkyl halides is 3. The van der Waals surface area contributed by atoms with Gasteiger partial charge in [-0.15, -0.1) is 13.2 Å². The topological polar surface area (TPSA) is 37.9 Å². The molecule has 0 atom stereocenters. The number of hydrogen-bond donors (Lipinski definition) is 1. The van der Waals surface area contributed by atoms with Gasteiger partial charge in [-0.2, -0.15) is 5.10 Å². The van der Waals surface area contributed by atoms with Gasteiger partial charge in [-0.3, -0.25) is 5.10 Å². The highest BCUT2D eigenvalue weighted by Crippen LogP contribution is 2.26. The smallest absolute Gasteiger partial charge is 0.406 e. The van der Waals surface area contributed by atoms with Crippen LogP contribution in [0.3, 0.4) is 0 Å². The summed E-state index contributed by atoms with van der Waals surface area (Å²) in [6.07, 6.45) is -4.67. The molecule has 1 heterocycles. The maximum Gasteiger partial charge on any atom is 0.573 e. The fraction of sp³-hybridized carbons (Fsp3) is 0.308. The third-order valence-corrected chi connectivity index (χ3v) is 2.60. The van der Waals surface area contributed by atoms with Crippen molar-refractivity contribution in [2.45, 2.75) is 26.1 Å². The lowest BCUT2D eigenvalue weighted by molar-refractivity contribution is -0.274. The third kappa shape index (κ3) is 3.49. The summed E-state index contributed by atoms with van der Waals surface area (Å²) in [5.74, 6) is 0.0740. The van der Waals surface area contributed by atoms with E-state index in [1.807, 2.05) is 19.9 Å². The van der Waals surface area contributed by atoms with Crippen molar-refractivity contribution < 1.29 is 17.9 Å². The van der Waals surface area contributed by atoms with Crippen molar-refractivity contribution in [1.29, 1.82) is 0 Å². The van der Waals surface area contributed by atoms with Gasteiger partial charge < -0.3 is 4.74 Å². The molecule has 0 saturated carbocycles. The molecule has 0 amide bonds. The van der Waals surface area contributed by atoms with Crippen LogP contribution in [-0.4, -0.2) is 16.6 Å². The van der Waals surface area contributed by atoms with E-state index in [-0.39, 0.29) is 5.75 Å². The van der Waals surface area contributed by atoms with E-state index >= 15 is 0 Å². The van der Waals surface area contributed by atoms with E-state index in [2.05, 4.69) is 14.9 Å². The fourth-order valence-corrected chi connectivity index (χ4v) is 1.61. The van der Waals surface area contributed by atoms with E-state index in [0.29, 0.717) is 11.6 Å². The van der Waals surface area contributed by atoms with Gasteiger partial charge in [0.15, 0.2) is 0 Å². The quantitative estimate of drug-likeness (QED) is 0.911. The van der Waals surface area contributed by atoms with E-state index in [1.165, 1.54) is 12.1 Å². The molecule has 0 aliphatic heterocycles. The molecule has 0 unspecified atom stereocenters. The minimum absolute atomic E-state index is 0.240. The third-order valence-electron chi connectivity index (χ3n) is 2.60. The Morgan fingerprint density at radius 2 is 1.79 bits per heavy atom. The number of halogens is 3. The van der Waals surface area contributed by atoms with E-state index in [4.69, 9.17) is 0 Å². The summed E-state index contributed by atoms with van der Waals surface area (Å²) in [6, 6.07) is 7.51. The van der Waals surface area contributed by atoms with Crippen molar-refractivity contribution in [3.63, 3.8) is 0 Å². The molecule has 1 aromatic carbocycles. The molecule has 0 aliphatic carbocycles. The predicted molar refractivity (Wildman–Crippen MR) is 64.8 cm³/mol. The number of benzene rings is 1. The summed E-state index contributed by atoms with van der Waals surface area (Å²) >= 11 is 0. The highest BCUT2D eigenvalue weighted by Gasteiger charge is 2.30. The van der Waals surface area contributed by atoms with Crippen LogP contribution in [0.15, 0.2) is 30.3 Å². The Morgan fingerprint density at radius 3 is 2.26 bits per heavy atom. The second-order valence-corrected chi connectivity index (χ2v) is 4.44. The van der Waals surface area contributed by atoms with E-state index in [0.717, 1.165) is 11.3 Å². The van der Waals surface area contributed by atoms with Gasteiger partial charge in [-0.25, -0.2) is 0 Å². The van der Waals surface area contributed by atoms with Gasteiger partial charge in [0.05, 0.1) is 5.69 Å². The zero-order valence-corrected chi connectivity index (χ0v) is 10.5. The molecular formula is C13H13F3N2O. The lowest BCUT2D eigenvalue weighted by atomic mass is 10.1. The number of H-pyrrole nitrogens is 1. The number of nitrogens with zero attached hydrogens (tertiary/aromatic N) is 1. The lowest BCUT2D eigenvalue weighted by Crippen LogP contribution is -2.16. The van der Waals surface area contributed by atoms with Crippen molar-refractivity contribution in [3.05, 3.63) is 36.0 Å². The monoisotopic (exact) mass is 270 g/mol. The van der Waals surface area contributed by atoms with Crippen LogP contribution in [-0.2, 0) is 0 Å².